The normalized spacial score (nSPS) is 20.2. The Labute approximate surface area is 191 Å². The van der Waals surface area contributed by atoms with Gasteiger partial charge in [-0.15, -0.1) is 0 Å². The SMILES string of the molecule is COc1ccc(-c2[nH]ncc2CN2CCCC(N(CCN3CCCCC3)C(C)=O)C2)cc1. The van der Waals surface area contributed by atoms with Gasteiger partial charge >= 0.3 is 0 Å². The summed E-state index contributed by atoms with van der Waals surface area (Å²) < 4.78 is 5.28. The molecule has 0 aliphatic carbocycles. The van der Waals surface area contributed by atoms with Crippen molar-refractivity contribution in [2.75, 3.05) is 46.4 Å². The van der Waals surface area contributed by atoms with Crippen molar-refractivity contribution >= 4 is 5.91 Å². The Bertz CT molecular complexity index is 859. The number of rotatable bonds is 8. The second-order valence-corrected chi connectivity index (χ2v) is 9.14. The van der Waals surface area contributed by atoms with Gasteiger partial charge in [-0.3, -0.25) is 14.8 Å². The van der Waals surface area contributed by atoms with E-state index in [4.69, 9.17) is 4.74 Å². The predicted molar refractivity (Wildman–Crippen MR) is 127 cm³/mol. The third-order valence-corrected chi connectivity index (χ3v) is 6.92. The lowest BCUT2D eigenvalue weighted by Gasteiger charge is -2.40. The lowest BCUT2D eigenvalue weighted by molar-refractivity contribution is -0.132. The fourth-order valence-corrected chi connectivity index (χ4v) is 5.14. The number of aromatic amines is 1. The second-order valence-electron chi connectivity index (χ2n) is 9.14. The van der Waals surface area contributed by atoms with E-state index in [0.717, 1.165) is 62.6 Å². The number of likely N-dealkylation sites (tertiary alicyclic amines) is 2. The summed E-state index contributed by atoms with van der Waals surface area (Å²) in [6.07, 6.45) is 8.07. The molecule has 0 spiro atoms. The maximum atomic E-state index is 12.5. The molecule has 1 aromatic heterocycles. The molecule has 1 amide bonds. The van der Waals surface area contributed by atoms with Crippen LogP contribution in [0.2, 0.25) is 0 Å². The van der Waals surface area contributed by atoms with Crippen molar-refractivity contribution in [1.29, 1.82) is 0 Å². The van der Waals surface area contributed by atoms with Crippen molar-refractivity contribution in [3.05, 3.63) is 36.0 Å². The largest absolute Gasteiger partial charge is 0.497 e. The molecule has 174 valence electrons. The molecule has 3 heterocycles. The first kappa shape index (κ1) is 22.8. The molecular formula is C25H37N5O2. The van der Waals surface area contributed by atoms with E-state index < -0.39 is 0 Å². The molecule has 2 aliphatic heterocycles. The molecule has 0 bridgehead atoms. The van der Waals surface area contributed by atoms with Crippen LogP contribution in [0.25, 0.3) is 11.3 Å². The first-order valence-corrected chi connectivity index (χ1v) is 12.0. The summed E-state index contributed by atoms with van der Waals surface area (Å²) in [5, 5.41) is 7.49. The Morgan fingerprint density at radius 1 is 1.12 bits per heavy atom. The second kappa shape index (κ2) is 11.0. The van der Waals surface area contributed by atoms with Crippen LogP contribution in [-0.2, 0) is 11.3 Å². The number of ether oxygens (including phenoxy) is 1. The smallest absolute Gasteiger partial charge is 0.219 e. The van der Waals surface area contributed by atoms with Gasteiger partial charge in [0.1, 0.15) is 5.75 Å². The molecule has 7 heteroatoms. The molecule has 2 aliphatic rings. The van der Waals surface area contributed by atoms with Crippen molar-refractivity contribution in [3.8, 4) is 17.0 Å². The summed E-state index contributed by atoms with van der Waals surface area (Å²) in [7, 11) is 1.68. The average Bonchev–Trinajstić information content (AvgIpc) is 3.28. The maximum Gasteiger partial charge on any atom is 0.219 e. The number of hydrogen-bond acceptors (Lipinski definition) is 5. The van der Waals surface area contributed by atoms with Crippen LogP contribution in [0.4, 0.5) is 0 Å². The number of carbonyl (C=O) groups excluding carboxylic acids is 1. The third-order valence-electron chi connectivity index (χ3n) is 6.92. The summed E-state index contributed by atoms with van der Waals surface area (Å²) in [4.78, 5) is 19.6. The molecule has 1 N–H and O–H groups in total. The lowest BCUT2D eigenvalue weighted by atomic mass is 10.0. The Morgan fingerprint density at radius 3 is 2.59 bits per heavy atom. The highest BCUT2D eigenvalue weighted by Gasteiger charge is 2.28. The molecule has 1 unspecified atom stereocenters. The average molecular weight is 440 g/mol. The Morgan fingerprint density at radius 2 is 1.88 bits per heavy atom. The number of methoxy groups -OCH3 is 1. The van der Waals surface area contributed by atoms with Gasteiger partial charge in [-0.1, -0.05) is 6.42 Å². The van der Waals surface area contributed by atoms with Gasteiger partial charge in [0.25, 0.3) is 0 Å². The lowest BCUT2D eigenvalue weighted by Crippen LogP contribution is -2.51. The zero-order valence-electron chi connectivity index (χ0n) is 19.6. The number of aromatic nitrogens is 2. The van der Waals surface area contributed by atoms with Crippen molar-refractivity contribution in [3.63, 3.8) is 0 Å². The molecule has 2 aromatic rings. The molecule has 4 rings (SSSR count). The highest BCUT2D eigenvalue weighted by molar-refractivity contribution is 5.73. The fourth-order valence-electron chi connectivity index (χ4n) is 5.14. The fraction of sp³-hybridized carbons (Fsp3) is 0.600. The quantitative estimate of drug-likeness (QED) is 0.683. The van der Waals surface area contributed by atoms with Crippen LogP contribution in [0.1, 0.15) is 44.6 Å². The van der Waals surface area contributed by atoms with Gasteiger partial charge in [0.05, 0.1) is 19.0 Å². The van der Waals surface area contributed by atoms with Gasteiger partial charge in [0.15, 0.2) is 0 Å². The van der Waals surface area contributed by atoms with Crippen molar-refractivity contribution < 1.29 is 9.53 Å². The van der Waals surface area contributed by atoms with E-state index >= 15 is 0 Å². The molecule has 2 saturated heterocycles. The van der Waals surface area contributed by atoms with Crippen LogP contribution in [0.3, 0.4) is 0 Å². The predicted octanol–water partition coefficient (Wildman–Crippen LogP) is 3.38. The van der Waals surface area contributed by atoms with Gasteiger partial charge in [-0.25, -0.2) is 0 Å². The van der Waals surface area contributed by atoms with Crippen LogP contribution >= 0.6 is 0 Å². The molecule has 0 saturated carbocycles. The number of H-pyrrole nitrogens is 1. The highest BCUT2D eigenvalue weighted by Crippen LogP contribution is 2.26. The number of nitrogens with zero attached hydrogens (tertiary/aromatic N) is 4. The zero-order valence-corrected chi connectivity index (χ0v) is 19.6. The first-order chi connectivity index (χ1) is 15.6. The molecule has 32 heavy (non-hydrogen) atoms. The van der Waals surface area contributed by atoms with Crippen LogP contribution in [0.5, 0.6) is 5.75 Å². The molecular weight excluding hydrogens is 402 g/mol. The number of carbonyl (C=O) groups is 1. The van der Waals surface area contributed by atoms with E-state index in [-0.39, 0.29) is 5.91 Å². The standard InChI is InChI=1S/C25H37N5O2/c1-20(31)30(16-15-28-12-4-3-5-13-28)23-7-6-14-29(19-23)18-22-17-26-27-25(22)21-8-10-24(32-2)11-9-21/h8-11,17,23H,3-7,12-16,18-19H2,1-2H3,(H,26,27). The Hall–Kier alpha value is -2.38. The molecule has 0 radical (unpaired) electrons. The van der Waals surface area contributed by atoms with E-state index in [1.165, 1.54) is 37.9 Å². The third kappa shape index (κ3) is 5.70. The molecule has 2 fully saturated rings. The minimum absolute atomic E-state index is 0.205. The summed E-state index contributed by atoms with van der Waals surface area (Å²) >= 11 is 0. The summed E-state index contributed by atoms with van der Waals surface area (Å²) in [6.45, 7) is 8.75. The summed E-state index contributed by atoms with van der Waals surface area (Å²) in [5.74, 6) is 1.05. The molecule has 1 aromatic carbocycles. The van der Waals surface area contributed by atoms with Crippen LogP contribution in [0, 0.1) is 0 Å². The van der Waals surface area contributed by atoms with Crippen molar-refractivity contribution in [2.45, 2.75) is 51.6 Å². The molecule has 1 atom stereocenters. The number of amides is 1. The first-order valence-electron chi connectivity index (χ1n) is 12.0. The Balaban J connectivity index is 1.38. The van der Waals surface area contributed by atoms with Crippen LogP contribution in [0.15, 0.2) is 30.5 Å². The Kier molecular flexibility index (Phi) is 7.81. The number of benzene rings is 1. The maximum absolute atomic E-state index is 12.5. The summed E-state index contributed by atoms with van der Waals surface area (Å²) in [6, 6.07) is 8.37. The van der Waals surface area contributed by atoms with Crippen LogP contribution in [-0.4, -0.2) is 83.2 Å². The minimum Gasteiger partial charge on any atom is -0.497 e. The van der Waals surface area contributed by atoms with Gasteiger partial charge in [0, 0.05) is 50.3 Å². The molecule has 7 nitrogen and oxygen atoms in total. The zero-order chi connectivity index (χ0) is 22.3. The van der Waals surface area contributed by atoms with Gasteiger partial charge in [-0.05, 0) is 69.6 Å². The van der Waals surface area contributed by atoms with Crippen molar-refractivity contribution in [1.82, 2.24) is 24.9 Å². The van der Waals surface area contributed by atoms with Crippen molar-refractivity contribution in [2.24, 2.45) is 0 Å². The number of nitrogens with one attached hydrogen (secondary N) is 1. The summed E-state index contributed by atoms with van der Waals surface area (Å²) in [5.41, 5.74) is 3.36. The van der Waals surface area contributed by atoms with E-state index in [0.29, 0.717) is 6.04 Å². The number of hydrogen-bond donors (Lipinski definition) is 1. The van der Waals surface area contributed by atoms with E-state index in [2.05, 4.69) is 37.0 Å². The number of piperidine rings is 2. The van der Waals surface area contributed by atoms with Gasteiger partial charge < -0.3 is 14.5 Å². The van der Waals surface area contributed by atoms with E-state index in [1.54, 1.807) is 14.0 Å². The monoisotopic (exact) mass is 439 g/mol. The van der Waals surface area contributed by atoms with Crippen LogP contribution < -0.4 is 4.74 Å². The topological polar surface area (TPSA) is 64.7 Å². The highest BCUT2D eigenvalue weighted by atomic mass is 16.5. The minimum atomic E-state index is 0.205. The van der Waals surface area contributed by atoms with Gasteiger partial charge in [-0.2, -0.15) is 5.10 Å². The van der Waals surface area contributed by atoms with E-state index in [1.807, 2.05) is 18.3 Å². The van der Waals surface area contributed by atoms with E-state index in [9.17, 15) is 4.79 Å². The van der Waals surface area contributed by atoms with Gasteiger partial charge in [0.2, 0.25) is 5.91 Å².